The van der Waals surface area contributed by atoms with Crippen LogP contribution in [-0.4, -0.2) is 4.98 Å². The lowest BCUT2D eigenvalue weighted by Crippen LogP contribution is -2.26. The van der Waals surface area contributed by atoms with Crippen molar-refractivity contribution in [2.75, 3.05) is 0 Å². The van der Waals surface area contributed by atoms with Crippen molar-refractivity contribution >= 4 is 34.6 Å². The lowest BCUT2D eigenvalue weighted by atomic mass is 10.1. The van der Waals surface area contributed by atoms with Crippen LogP contribution in [0.5, 0.6) is 0 Å². The maximum absolute atomic E-state index is 13.0. The molecule has 0 bridgehead atoms. The van der Waals surface area contributed by atoms with Crippen LogP contribution in [0.3, 0.4) is 0 Å². The molecule has 1 aromatic heterocycles. The quantitative estimate of drug-likeness (QED) is 0.396. The molecule has 0 aliphatic heterocycles. The number of hydrogen-bond donors (Lipinski definition) is 1. The summed E-state index contributed by atoms with van der Waals surface area (Å²) in [4.78, 5) is 16.3. The van der Waals surface area contributed by atoms with Gasteiger partial charge in [0.15, 0.2) is 0 Å². The van der Waals surface area contributed by atoms with Crippen molar-refractivity contribution in [2.45, 2.75) is 6.92 Å². The highest BCUT2D eigenvalue weighted by Crippen LogP contribution is 2.38. The van der Waals surface area contributed by atoms with Crippen LogP contribution >= 0.6 is 7.92 Å². The first kappa shape index (κ1) is 19.5. The number of aromatic amines is 1. The summed E-state index contributed by atoms with van der Waals surface area (Å²) < 4.78 is 0. The molecule has 0 saturated heterocycles. The van der Waals surface area contributed by atoms with Gasteiger partial charge in [0.25, 0.3) is 5.56 Å². The molecule has 0 saturated carbocycles. The van der Waals surface area contributed by atoms with Gasteiger partial charge in [-0.25, -0.2) is 0 Å². The Kier molecular flexibility index (Phi) is 5.24. The van der Waals surface area contributed by atoms with Gasteiger partial charge in [0.2, 0.25) is 0 Å². The number of hydrogen-bond acceptors (Lipinski definition) is 1. The Morgan fingerprint density at radius 2 is 1.13 bits per heavy atom. The molecular weight excluding hydrogens is 397 g/mol. The lowest BCUT2D eigenvalue weighted by molar-refractivity contribution is 1.29. The maximum Gasteiger partial charge on any atom is 0.256 e. The minimum absolute atomic E-state index is 0.0500. The zero-order chi connectivity index (χ0) is 21.2. The monoisotopic (exact) mass is 419 g/mol. The second kappa shape index (κ2) is 8.34. The summed E-state index contributed by atoms with van der Waals surface area (Å²) in [6.45, 7) is 2.08. The normalized spacial score (nSPS) is 11.2. The van der Waals surface area contributed by atoms with Crippen LogP contribution in [0.4, 0.5) is 0 Å². The fourth-order valence-corrected chi connectivity index (χ4v) is 6.58. The van der Waals surface area contributed by atoms with Gasteiger partial charge in [-0.1, -0.05) is 109 Å². The van der Waals surface area contributed by atoms with E-state index in [1.54, 1.807) is 0 Å². The molecule has 0 aliphatic rings. The molecule has 31 heavy (non-hydrogen) atoms. The predicted octanol–water partition coefficient (Wildman–Crippen LogP) is 5.26. The van der Waals surface area contributed by atoms with Gasteiger partial charge in [-0.3, -0.25) is 4.79 Å². The van der Waals surface area contributed by atoms with Gasteiger partial charge in [0, 0.05) is 10.7 Å². The Hall–Kier alpha value is -3.48. The van der Waals surface area contributed by atoms with Crippen LogP contribution < -0.4 is 21.5 Å². The van der Waals surface area contributed by atoms with E-state index in [9.17, 15) is 4.79 Å². The van der Waals surface area contributed by atoms with Gasteiger partial charge in [0.05, 0.1) is 5.69 Å². The zero-order valence-electron chi connectivity index (χ0n) is 17.2. The molecule has 0 unspecified atom stereocenters. The van der Waals surface area contributed by atoms with E-state index in [0.717, 1.165) is 22.0 Å². The Labute approximate surface area is 183 Å². The van der Waals surface area contributed by atoms with Crippen LogP contribution in [0.25, 0.3) is 22.0 Å². The number of nitrogens with one attached hydrogen (secondary N) is 1. The SMILES string of the molecule is Cc1ccc(-c2[nH]c(=O)c3ccccc3c2P(c2ccccc2)c2ccccc2)cc1. The molecule has 4 aromatic carbocycles. The van der Waals surface area contributed by atoms with E-state index in [0.29, 0.717) is 0 Å². The molecule has 1 N–H and O–H groups in total. The molecule has 5 rings (SSSR count). The van der Waals surface area contributed by atoms with Crippen LogP contribution in [0.1, 0.15) is 5.56 Å². The van der Waals surface area contributed by atoms with Gasteiger partial charge in [-0.05, 0) is 42.5 Å². The highest BCUT2D eigenvalue weighted by molar-refractivity contribution is 7.80. The van der Waals surface area contributed by atoms with Crippen LogP contribution in [0.15, 0.2) is 114 Å². The molecule has 0 atom stereocenters. The molecule has 0 amide bonds. The second-order valence-electron chi connectivity index (χ2n) is 7.60. The largest absolute Gasteiger partial charge is 0.321 e. The van der Waals surface area contributed by atoms with Crippen molar-refractivity contribution in [1.29, 1.82) is 0 Å². The van der Waals surface area contributed by atoms with Gasteiger partial charge in [-0.15, -0.1) is 0 Å². The highest BCUT2D eigenvalue weighted by atomic mass is 31.1. The molecule has 2 nitrogen and oxygen atoms in total. The summed E-state index contributed by atoms with van der Waals surface area (Å²) in [7, 11) is -0.880. The number of fused-ring (bicyclic) bond motifs is 1. The molecular formula is C28H22NOP. The molecule has 0 spiro atoms. The summed E-state index contributed by atoms with van der Waals surface area (Å²) in [5, 5.41) is 5.45. The number of aromatic nitrogens is 1. The topological polar surface area (TPSA) is 32.9 Å². The highest BCUT2D eigenvalue weighted by Gasteiger charge is 2.24. The summed E-state index contributed by atoms with van der Waals surface area (Å²) >= 11 is 0. The maximum atomic E-state index is 13.0. The molecule has 150 valence electrons. The molecule has 0 fully saturated rings. The van der Waals surface area contributed by atoms with E-state index in [1.165, 1.54) is 21.5 Å². The first-order valence-electron chi connectivity index (χ1n) is 10.3. The molecule has 0 radical (unpaired) electrons. The third-order valence-electron chi connectivity index (χ3n) is 5.49. The molecule has 1 heterocycles. The smallest absolute Gasteiger partial charge is 0.256 e. The van der Waals surface area contributed by atoms with Crippen molar-refractivity contribution in [3.8, 4) is 11.3 Å². The van der Waals surface area contributed by atoms with Crippen molar-refractivity contribution in [2.24, 2.45) is 0 Å². The van der Waals surface area contributed by atoms with Crippen molar-refractivity contribution in [1.82, 2.24) is 4.98 Å². The van der Waals surface area contributed by atoms with Crippen LogP contribution in [0.2, 0.25) is 0 Å². The Bertz CT molecular complexity index is 1350. The third kappa shape index (κ3) is 3.71. The number of aryl methyl sites for hydroxylation is 1. The van der Waals surface area contributed by atoms with E-state index in [4.69, 9.17) is 0 Å². The number of pyridine rings is 1. The number of benzene rings is 4. The summed E-state index contributed by atoms with van der Waals surface area (Å²) in [6, 6.07) is 37.6. The minimum atomic E-state index is -0.880. The Morgan fingerprint density at radius 1 is 0.613 bits per heavy atom. The van der Waals surface area contributed by atoms with Gasteiger partial charge < -0.3 is 4.98 Å². The van der Waals surface area contributed by atoms with Crippen molar-refractivity contribution in [3.05, 3.63) is 125 Å². The fraction of sp³-hybridized carbons (Fsp3) is 0.0357. The Balaban J connectivity index is 1.90. The lowest BCUT2D eigenvalue weighted by Gasteiger charge is -2.24. The predicted molar refractivity (Wildman–Crippen MR) is 133 cm³/mol. The van der Waals surface area contributed by atoms with E-state index < -0.39 is 7.92 Å². The number of H-pyrrole nitrogens is 1. The zero-order valence-corrected chi connectivity index (χ0v) is 18.1. The molecule has 5 aromatic rings. The first-order chi connectivity index (χ1) is 15.2. The number of rotatable bonds is 4. The first-order valence-corrected chi connectivity index (χ1v) is 11.7. The summed E-state index contributed by atoms with van der Waals surface area (Å²) in [5.74, 6) is 0. The Morgan fingerprint density at radius 3 is 1.71 bits per heavy atom. The molecule has 3 heteroatoms. The van der Waals surface area contributed by atoms with Crippen molar-refractivity contribution < 1.29 is 0 Å². The van der Waals surface area contributed by atoms with Gasteiger partial charge in [0.1, 0.15) is 0 Å². The summed E-state index contributed by atoms with van der Waals surface area (Å²) in [5.41, 5.74) is 3.08. The van der Waals surface area contributed by atoms with Crippen LogP contribution in [0, 0.1) is 6.92 Å². The minimum Gasteiger partial charge on any atom is -0.321 e. The summed E-state index contributed by atoms with van der Waals surface area (Å²) in [6.07, 6.45) is 0. The second-order valence-corrected chi connectivity index (χ2v) is 9.75. The van der Waals surface area contributed by atoms with E-state index in [2.05, 4.69) is 90.8 Å². The fourth-order valence-electron chi connectivity index (χ4n) is 3.99. The molecule has 0 aliphatic carbocycles. The van der Waals surface area contributed by atoms with E-state index in [-0.39, 0.29) is 5.56 Å². The average Bonchev–Trinajstić information content (AvgIpc) is 2.83. The average molecular weight is 419 g/mol. The van der Waals surface area contributed by atoms with E-state index in [1.807, 2.05) is 30.3 Å². The standard InChI is InChI=1S/C28H22NOP/c1-20-16-18-21(19-17-20)26-27(24-14-8-9-15-25(24)28(30)29-26)31(22-10-4-2-5-11-22)23-12-6-3-7-13-23/h2-19H,1H3,(H,29,30). The van der Waals surface area contributed by atoms with Crippen LogP contribution in [-0.2, 0) is 0 Å². The van der Waals surface area contributed by atoms with Crippen molar-refractivity contribution in [3.63, 3.8) is 0 Å². The van der Waals surface area contributed by atoms with Gasteiger partial charge in [-0.2, -0.15) is 0 Å². The van der Waals surface area contributed by atoms with E-state index >= 15 is 0 Å². The van der Waals surface area contributed by atoms with Gasteiger partial charge >= 0.3 is 0 Å². The third-order valence-corrected chi connectivity index (χ3v) is 8.04.